The molecule has 0 aliphatic rings. The van der Waals surface area contributed by atoms with Crippen LogP contribution in [0, 0.1) is 0 Å². The van der Waals surface area contributed by atoms with E-state index in [1.807, 2.05) is 18.2 Å². The fourth-order valence-electron chi connectivity index (χ4n) is 2.01. The van der Waals surface area contributed by atoms with Crippen molar-refractivity contribution < 1.29 is 19.1 Å². The molecule has 0 aliphatic carbocycles. The molecule has 0 saturated carbocycles. The summed E-state index contributed by atoms with van der Waals surface area (Å²) in [5.74, 6) is -0.428. The van der Waals surface area contributed by atoms with Crippen LogP contribution in [0.1, 0.15) is 23.7 Å². The molecule has 2 aromatic rings. The van der Waals surface area contributed by atoms with Gasteiger partial charge in [-0.3, -0.25) is 14.4 Å². The summed E-state index contributed by atoms with van der Waals surface area (Å²) in [5.41, 5.74) is 1.09. The smallest absolute Gasteiger partial charge is 0.307 e. The normalized spacial score (nSPS) is 10.2. The minimum atomic E-state index is -0.452. The van der Waals surface area contributed by atoms with Crippen molar-refractivity contribution in [3.63, 3.8) is 0 Å². The lowest BCUT2D eigenvalue weighted by molar-refractivity contribution is -0.146. The number of nitrogens with one attached hydrogen (secondary N) is 1. The van der Waals surface area contributed by atoms with Gasteiger partial charge in [0.1, 0.15) is 0 Å². The SMILES string of the molecule is CC(=O)c1ccc(NC(=O)COC(=O)CCSc2ccccc2Cl)cc1. The van der Waals surface area contributed by atoms with Crippen LogP contribution in [0.2, 0.25) is 5.02 Å². The molecule has 2 rings (SSSR count). The highest BCUT2D eigenvalue weighted by molar-refractivity contribution is 7.99. The summed E-state index contributed by atoms with van der Waals surface area (Å²) >= 11 is 7.49. The monoisotopic (exact) mass is 391 g/mol. The third kappa shape index (κ3) is 6.54. The van der Waals surface area contributed by atoms with Crippen molar-refractivity contribution in [2.24, 2.45) is 0 Å². The third-order valence-electron chi connectivity index (χ3n) is 3.34. The van der Waals surface area contributed by atoms with Gasteiger partial charge >= 0.3 is 5.97 Å². The maximum atomic E-state index is 11.8. The van der Waals surface area contributed by atoms with E-state index >= 15 is 0 Å². The molecule has 0 aliphatic heterocycles. The Morgan fingerprint density at radius 3 is 2.42 bits per heavy atom. The highest BCUT2D eigenvalue weighted by atomic mass is 35.5. The van der Waals surface area contributed by atoms with Crippen molar-refractivity contribution in [3.05, 3.63) is 59.1 Å². The molecule has 1 N–H and O–H groups in total. The summed E-state index contributed by atoms with van der Waals surface area (Å²) < 4.78 is 4.95. The number of benzene rings is 2. The van der Waals surface area contributed by atoms with Crippen LogP contribution >= 0.6 is 23.4 Å². The summed E-state index contributed by atoms with van der Waals surface area (Å²) in [6, 6.07) is 13.9. The number of ether oxygens (including phenoxy) is 1. The zero-order valence-corrected chi connectivity index (χ0v) is 15.7. The van der Waals surface area contributed by atoms with Crippen LogP contribution in [0.3, 0.4) is 0 Å². The zero-order chi connectivity index (χ0) is 18.9. The second-order valence-electron chi connectivity index (χ2n) is 5.37. The highest BCUT2D eigenvalue weighted by Gasteiger charge is 2.09. The molecule has 136 valence electrons. The number of carbonyl (C=O) groups is 3. The van der Waals surface area contributed by atoms with E-state index in [2.05, 4.69) is 5.32 Å². The molecule has 0 spiro atoms. The Bertz CT molecular complexity index is 792. The molecule has 0 bridgehead atoms. The predicted octanol–water partition coefficient (Wildman–Crippen LogP) is 4.21. The second-order valence-corrected chi connectivity index (χ2v) is 6.92. The van der Waals surface area contributed by atoms with E-state index in [9.17, 15) is 14.4 Å². The lowest BCUT2D eigenvalue weighted by atomic mass is 10.1. The summed E-state index contributed by atoms with van der Waals surface area (Å²) in [5, 5.41) is 3.24. The number of ketones is 1. The first-order valence-corrected chi connectivity index (χ1v) is 9.26. The first kappa shape index (κ1) is 20.0. The summed E-state index contributed by atoms with van der Waals surface area (Å²) in [6.45, 7) is 1.11. The molecule has 0 fully saturated rings. The minimum Gasteiger partial charge on any atom is -0.456 e. The van der Waals surface area contributed by atoms with Crippen molar-refractivity contribution in [1.29, 1.82) is 0 Å². The number of thioether (sulfide) groups is 1. The van der Waals surface area contributed by atoms with Crippen molar-refractivity contribution >= 4 is 46.7 Å². The number of hydrogen-bond donors (Lipinski definition) is 1. The Labute approximate surface area is 161 Å². The number of halogens is 1. The molecule has 0 saturated heterocycles. The van der Waals surface area contributed by atoms with Crippen LogP contribution in [-0.4, -0.2) is 30.0 Å². The van der Waals surface area contributed by atoms with Crippen molar-refractivity contribution in [1.82, 2.24) is 0 Å². The second kappa shape index (κ2) is 9.99. The zero-order valence-electron chi connectivity index (χ0n) is 14.2. The standard InChI is InChI=1S/C19H18ClNO4S/c1-13(22)14-6-8-15(9-7-14)21-18(23)12-25-19(24)10-11-26-17-5-3-2-4-16(17)20/h2-9H,10-12H2,1H3,(H,21,23). The molecule has 5 nitrogen and oxygen atoms in total. The van der Waals surface area contributed by atoms with Crippen LogP contribution in [0.25, 0.3) is 0 Å². The van der Waals surface area contributed by atoms with Gasteiger partial charge in [0.15, 0.2) is 12.4 Å². The third-order valence-corrected chi connectivity index (χ3v) is 4.86. The predicted molar refractivity (Wildman–Crippen MR) is 103 cm³/mol. The summed E-state index contributed by atoms with van der Waals surface area (Å²) in [6.07, 6.45) is 0.177. The molecule has 26 heavy (non-hydrogen) atoms. The van der Waals surface area contributed by atoms with Crippen LogP contribution in [-0.2, 0) is 14.3 Å². The number of anilines is 1. The molecule has 0 unspecified atom stereocenters. The lowest BCUT2D eigenvalue weighted by Crippen LogP contribution is -2.21. The summed E-state index contributed by atoms with van der Waals surface area (Å²) in [7, 11) is 0. The Morgan fingerprint density at radius 1 is 1.08 bits per heavy atom. The van der Waals surface area contributed by atoms with E-state index in [1.54, 1.807) is 30.3 Å². The van der Waals surface area contributed by atoms with Crippen LogP contribution < -0.4 is 5.32 Å². The van der Waals surface area contributed by atoms with Gasteiger partial charge < -0.3 is 10.1 Å². The number of amides is 1. The Morgan fingerprint density at radius 2 is 1.77 bits per heavy atom. The van der Waals surface area contributed by atoms with E-state index in [4.69, 9.17) is 16.3 Å². The van der Waals surface area contributed by atoms with E-state index < -0.39 is 11.9 Å². The van der Waals surface area contributed by atoms with Gasteiger partial charge in [0, 0.05) is 21.9 Å². The number of hydrogen-bond acceptors (Lipinski definition) is 5. The van der Waals surface area contributed by atoms with Gasteiger partial charge in [-0.25, -0.2) is 0 Å². The Hall–Kier alpha value is -2.31. The first-order valence-electron chi connectivity index (χ1n) is 7.89. The van der Waals surface area contributed by atoms with Crippen molar-refractivity contribution in [2.45, 2.75) is 18.2 Å². The Kier molecular flexibility index (Phi) is 7.69. The molecule has 1 amide bonds. The van der Waals surface area contributed by atoms with Crippen molar-refractivity contribution in [2.75, 3.05) is 17.7 Å². The molecule has 7 heteroatoms. The lowest BCUT2D eigenvalue weighted by Gasteiger charge is -2.07. The fraction of sp³-hybridized carbons (Fsp3) is 0.211. The molecule has 0 heterocycles. The average molecular weight is 392 g/mol. The molecule has 0 atom stereocenters. The van der Waals surface area contributed by atoms with E-state index in [1.165, 1.54) is 18.7 Å². The van der Waals surface area contributed by atoms with Crippen LogP contribution in [0.15, 0.2) is 53.4 Å². The maximum Gasteiger partial charge on any atom is 0.307 e. The average Bonchev–Trinajstić information content (AvgIpc) is 2.62. The van der Waals surface area contributed by atoms with Crippen LogP contribution in [0.5, 0.6) is 0 Å². The van der Waals surface area contributed by atoms with E-state index in [0.717, 1.165) is 4.90 Å². The molecular formula is C19H18ClNO4S. The number of esters is 1. The maximum absolute atomic E-state index is 11.8. The van der Waals surface area contributed by atoms with Crippen molar-refractivity contribution in [3.8, 4) is 0 Å². The number of Topliss-reactive ketones (excluding diaryl/α,β-unsaturated/α-hetero) is 1. The van der Waals surface area contributed by atoms with Gasteiger partial charge in [0.05, 0.1) is 11.4 Å². The van der Waals surface area contributed by atoms with Gasteiger partial charge in [-0.05, 0) is 43.3 Å². The molecule has 0 aromatic heterocycles. The first-order chi connectivity index (χ1) is 12.5. The highest BCUT2D eigenvalue weighted by Crippen LogP contribution is 2.26. The van der Waals surface area contributed by atoms with Crippen LogP contribution in [0.4, 0.5) is 5.69 Å². The Balaban J connectivity index is 1.69. The largest absolute Gasteiger partial charge is 0.456 e. The number of carbonyl (C=O) groups excluding carboxylic acids is 3. The molecule has 2 aromatic carbocycles. The topological polar surface area (TPSA) is 72.5 Å². The van der Waals surface area contributed by atoms with Gasteiger partial charge in [-0.1, -0.05) is 23.7 Å². The van der Waals surface area contributed by atoms with E-state index in [-0.39, 0.29) is 18.8 Å². The fourth-order valence-corrected chi connectivity index (χ4v) is 3.18. The number of rotatable bonds is 8. The van der Waals surface area contributed by atoms with E-state index in [0.29, 0.717) is 22.0 Å². The van der Waals surface area contributed by atoms with Gasteiger partial charge in [-0.15, -0.1) is 11.8 Å². The quantitative estimate of drug-likeness (QED) is 0.414. The molecular weight excluding hydrogens is 374 g/mol. The minimum absolute atomic E-state index is 0.0496. The van der Waals surface area contributed by atoms with Gasteiger partial charge in [-0.2, -0.15) is 0 Å². The van der Waals surface area contributed by atoms with Gasteiger partial charge in [0.2, 0.25) is 0 Å². The van der Waals surface area contributed by atoms with Gasteiger partial charge in [0.25, 0.3) is 5.91 Å². The molecule has 0 radical (unpaired) electrons. The summed E-state index contributed by atoms with van der Waals surface area (Å²) in [4.78, 5) is 35.6.